The van der Waals surface area contributed by atoms with Gasteiger partial charge in [-0.2, -0.15) is 5.26 Å². The summed E-state index contributed by atoms with van der Waals surface area (Å²) >= 11 is 0. The third kappa shape index (κ3) is 7.69. The molecule has 1 aliphatic heterocycles. The summed E-state index contributed by atoms with van der Waals surface area (Å²) in [6.07, 6.45) is 6.66. The fourth-order valence-electron chi connectivity index (χ4n) is 6.38. The number of halogens is 1. The number of esters is 1. The molecule has 6 nitrogen and oxygen atoms in total. The normalized spacial score (nSPS) is 19.5. The van der Waals surface area contributed by atoms with Gasteiger partial charge < -0.3 is 14.2 Å². The zero-order valence-electron chi connectivity index (χ0n) is 27.4. The van der Waals surface area contributed by atoms with Gasteiger partial charge in [0, 0.05) is 17.5 Å². The molecule has 0 amide bonds. The number of ether oxygens (including phenoxy) is 3. The number of fused-ring (bicyclic) bond motifs is 3. The van der Waals surface area contributed by atoms with Crippen LogP contribution in [0.4, 0.5) is 4.39 Å². The minimum atomic E-state index is -0.894. The van der Waals surface area contributed by atoms with Gasteiger partial charge in [-0.1, -0.05) is 44.2 Å². The number of aryl methyl sites for hydroxylation is 1. The van der Waals surface area contributed by atoms with Crippen LogP contribution in [0, 0.1) is 17.1 Å². The van der Waals surface area contributed by atoms with E-state index < -0.39 is 11.4 Å². The summed E-state index contributed by atoms with van der Waals surface area (Å²) < 4.78 is 32.2. The summed E-state index contributed by atoms with van der Waals surface area (Å²) in [5, 5.41) is 9.69. The summed E-state index contributed by atoms with van der Waals surface area (Å²) in [6.45, 7) is 13.5. The Morgan fingerprint density at radius 1 is 1.16 bits per heavy atom. The van der Waals surface area contributed by atoms with Crippen LogP contribution in [-0.2, 0) is 31.8 Å². The van der Waals surface area contributed by atoms with Gasteiger partial charge in [0.25, 0.3) is 0 Å². The molecule has 236 valence electrons. The fourth-order valence-corrected chi connectivity index (χ4v) is 6.38. The van der Waals surface area contributed by atoms with Crippen molar-refractivity contribution < 1.29 is 23.4 Å². The first kappa shape index (κ1) is 32.5. The van der Waals surface area contributed by atoms with Gasteiger partial charge >= 0.3 is 5.97 Å². The molecule has 0 bridgehead atoms. The number of nitrogens with zero attached hydrogens (tertiary/aromatic N) is 2. The SMILES string of the molecule is CC(C)c1nc2c(c(-c3ccc(F)cc3)c1C=C[C@@H]1C[C@H](CC(=O)OC(C)(C)C)OC(C)(C)O1)CCCc1ccc(C#N)cc1-2. The highest BCUT2D eigenvalue weighted by molar-refractivity contribution is 5.86. The molecular formula is C38H43FN2O4. The van der Waals surface area contributed by atoms with Crippen molar-refractivity contribution in [1.82, 2.24) is 4.98 Å². The Morgan fingerprint density at radius 2 is 1.89 bits per heavy atom. The quantitative estimate of drug-likeness (QED) is 0.260. The Bertz CT molecular complexity index is 1640. The highest BCUT2D eigenvalue weighted by Crippen LogP contribution is 2.42. The molecule has 1 aliphatic carbocycles. The predicted molar refractivity (Wildman–Crippen MR) is 174 cm³/mol. The number of aromatic nitrogens is 1. The van der Waals surface area contributed by atoms with E-state index in [-0.39, 0.29) is 36.3 Å². The molecule has 2 heterocycles. The Balaban J connectivity index is 1.62. The minimum Gasteiger partial charge on any atom is -0.460 e. The number of carbonyl (C=O) groups is 1. The van der Waals surface area contributed by atoms with Gasteiger partial charge in [0.2, 0.25) is 0 Å². The van der Waals surface area contributed by atoms with Crippen molar-refractivity contribution >= 4 is 12.0 Å². The van der Waals surface area contributed by atoms with Crippen molar-refractivity contribution in [3.8, 4) is 28.5 Å². The third-order valence-electron chi connectivity index (χ3n) is 8.08. The van der Waals surface area contributed by atoms with Crippen LogP contribution in [-0.4, -0.2) is 34.5 Å². The van der Waals surface area contributed by atoms with E-state index in [1.54, 1.807) is 0 Å². The lowest BCUT2D eigenvalue weighted by atomic mass is 9.86. The van der Waals surface area contributed by atoms with Gasteiger partial charge in [0.15, 0.2) is 5.79 Å². The van der Waals surface area contributed by atoms with E-state index in [0.29, 0.717) is 12.0 Å². The van der Waals surface area contributed by atoms with Crippen molar-refractivity contribution in [3.63, 3.8) is 0 Å². The summed E-state index contributed by atoms with van der Waals surface area (Å²) in [5.41, 5.74) is 7.98. The number of hydrogen-bond acceptors (Lipinski definition) is 6. The lowest BCUT2D eigenvalue weighted by Gasteiger charge is -2.40. The molecule has 45 heavy (non-hydrogen) atoms. The molecule has 1 aromatic heterocycles. The molecule has 2 aliphatic rings. The van der Waals surface area contributed by atoms with Crippen molar-refractivity contribution in [2.75, 3.05) is 0 Å². The first-order chi connectivity index (χ1) is 21.2. The second-order valence-electron chi connectivity index (χ2n) is 13.8. The van der Waals surface area contributed by atoms with Gasteiger partial charge in [0.1, 0.15) is 11.4 Å². The smallest absolute Gasteiger partial charge is 0.308 e. The van der Waals surface area contributed by atoms with E-state index >= 15 is 0 Å². The number of hydrogen-bond donors (Lipinski definition) is 0. The summed E-state index contributed by atoms with van der Waals surface area (Å²) in [6, 6.07) is 14.8. The molecule has 0 saturated carbocycles. The first-order valence-corrected chi connectivity index (χ1v) is 15.8. The Hall–Kier alpha value is -3.86. The third-order valence-corrected chi connectivity index (χ3v) is 8.08. The topological polar surface area (TPSA) is 81.4 Å². The molecule has 0 N–H and O–H groups in total. The molecule has 0 spiro atoms. The molecule has 0 radical (unpaired) electrons. The van der Waals surface area contributed by atoms with Gasteiger partial charge in [-0.3, -0.25) is 9.78 Å². The van der Waals surface area contributed by atoms with Crippen LogP contribution in [0.25, 0.3) is 28.5 Å². The van der Waals surface area contributed by atoms with Crippen molar-refractivity contribution in [2.24, 2.45) is 0 Å². The molecule has 1 saturated heterocycles. The Kier molecular flexibility index (Phi) is 9.30. The second-order valence-corrected chi connectivity index (χ2v) is 13.8. The average Bonchev–Trinajstić information content (AvgIpc) is 3.12. The van der Waals surface area contributed by atoms with E-state index in [1.807, 2.05) is 71.0 Å². The molecule has 2 aromatic carbocycles. The van der Waals surface area contributed by atoms with Gasteiger partial charge in [-0.05, 0) is 106 Å². The maximum Gasteiger partial charge on any atom is 0.308 e. The number of nitriles is 1. The molecule has 0 unspecified atom stereocenters. The zero-order chi connectivity index (χ0) is 32.5. The molecule has 5 rings (SSSR count). The van der Waals surface area contributed by atoms with Gasteiger partial charge in [-0.25, -0.2) is 4.39 Å². The number of carbonyl (C=O) groups excluding carboxylic acids is 1. The highest BCUT2D eigenvalue weighted by Gasteiger charge is 2.36. The van der Waals surface area contributed by atoms with E-state index in [9.17, 15) is 14.4 Å². The van der Waals surface area contributed by atoms with Crippen LogP contribution < -0.4 is 0 Å². The Labute approximate surface area is 266 Å². The van der Waals surface area contributed by atoms with E-state index in [4.69, 9.17) is 19.2 Å². The molecule has 3 aromatic rings. The van der Waals surface area contributed by atoms with Crippen LogP contribution in [0.2, 0.25) is 0 Å². The summed E-state index contributed by atoms with van der Waals surface area (Å²) in [4.78, 5) is 18.0. The summed E-state index contributed by atoms with van der Waals surface area (Å²) in [5.74, 6) is -1.41. The number of rotatable bonds is 6. The number of pyridine rings is 1. The molecule has 1 fully saturated rings. The van der Waals surface area contributed by atoms with Crippen LogP contribution in [0.5, 0.6) is 0 Å². The maximum absolute atomic E-state index is 14.2. The monoisotopic (exact) mass is 610 g/mol. The number of benzene rings is 2. The van der Waals surface area contributed by atoms with E-state index in [1.165, 1.54) is 17.7 Å². The second kappa shape index (κ2) is 12.9. The highest BCUT2D eigenvalue weighted by atomic mass is 19.1. The average molecular weight is 611 g/mol. The predicted octanol–water partition coefficient (Wildman–Crippen LogP) is 8.69. The van der Waals surface area contributed by atoms with Crippen LogP contribution in [0.15, 0.2) is 48.5 Å². The largest absolute Gasteiger partial charge is 0.460 e. The van der Waals surface area contributed by atoms with Crippen molar-refractivity contribution in [2.45, 2.75) is 110 Å². The standard InChI is InChI=1S/C38H43FN2O4/c1-23(2)35-31(18-17-28-20-29(44-38(6,7)43-28)21-33(42)45-37(3,4)5)34(26-13-15-27(39)16-14-26)30-10-8-9-25-12-11-24(22-40)19-32(25)36(30)41-35/h11-19,23,28-29H,8-10,20-21H2,1-7H3/t28-,29-/m1/s1. The minimum absolute atomic E-state index is 0.0759. The molecule has 2 atom stereocenters. The van der Waals surface area contributed by atoms with E-state index in [2.05, 4.69) is 26.0 Å². The fraction of sp³-hybridized carbons (Fsp3) is 0.447. The lowest BCUT2D eigenvalue weighted by Crippen LogP contribution is -2.45. The van der Waals surface area contributed by atoms with Crippen molar-refractivity contribution in [1.29, 1.82) is 5.26 Å². The zero-order valence-corrected chi connectivity index (χ0v) is 27.4. The van der Waals surface area contributed by atoms with Crippen molar-refractivity contribution in [3.05, 3.63) is 82.3 Å². The lowest BCUT2D eigenvalue weighted by molar-refractivity contribution is -0.290. The van der Waals surface area contributed by atoms with Gasteiger partial charge in [0.05, 0.1) is 41.6 Å². The van der Waals surface area contributed by atoms with Gasteiger partial charge in [-0.15, -0.1) is 0 Å². The first-order valence-electron chi connectivity index (χ1n) is 15.8. The molecular weight excluding hydrogens is 567 g/mol. The molecule has 7 heteroatoms. The Morgan fingerprint density at radius 3 is 2.56 bits per heavy atom. The van der Waals surface area contributed by atoms with Crippen LogP contribution >= 0.6 is 0 Å². The van der Waals surface area contributed by atoms with Crippen LogP contribution in [0.3, 0.4) is 0 Å². The van der Waals surface area contributed by atoms with Crippen LogP contribution in [0.1, 0.15) is 102 Å². The van der Waals surface area contributed by atoms with E-state index in [0.717, 1.165) is 58.5 Å². The maximum atomic E-state index is 14.2. The summed E-state index contributed by atoms with van der Waals surface area (Å²) in [7, 11) is 0.